The summed E-state index contributed by atoms with van der Waals surface area (Å²) in [4.78, 5) is 11.1. The summed E-state index contributed by atoms with van der Waals surface area (Å²) >= 11 is 0. The molecular formula is C12H13F3O5. The van der Waals surface area contributed by atoms with Gasteiger partial charge >= 0.3 is 12.3 Å². The highest BCUT2D eigenvalue weighted by Crippen LogP contribution is 2.33. The third-order valence-electron chi connectivity index (χ3n) is 2.38. The average molecular weight is 294 g/mol. The fourth-order valence-corrected chi connectivity index (χ4v) is 1.52. The average Bonchev–Trinajstić information content (AvgIpc) is 2.36. The molecule has 8 heteroatoms. The number of hydrogen-bond donors (Lipinski definition) is 1. The summed E-state index contributed by atoms with van der Waals surface area (Å²) in [5.41, 5.74) is -0.000324. The summed E-state index contributed by atoms with van der Waals surface area (Å²) in [6.07, 6.45) is -6.63. The summed E-state index contributed by atoms with van der Waals surface area (Å²) in [6.45, 7) is 0. The molecule has 112 valence electrons. The Labute approximate surface area is 112 Å². The second-order valence-electron chi connectivity index (χ2n) is 3.75. The van der Waals surface area contributed by atoms with Crippen molar-refractivity contribution >= 4 is 5.97 Å². The molecule has 1 unspecified atom stereocenters. The van der Waals surface area contributed by atoms with E-state index in [9.17, 15) is 23.1 Å². The van der Waals surface area contributed by atoms with Crippen molar-refractivity contribution in [1.82, 2.24) is 0 Å². The zero-order valence-electron chi connectivity index (χ0n) is 10.7. The Morgan fingerprint density at radius 3 is 2.50 bits per heavy atom. The van der Waals surface area contributed by atoms with Gasteiger partial charge in [-0.2, -0.15) is 0 Å². The van der Waals surface area contributed by atoms with Crippen molar-refractivity contribution in [2.45, 2.75) is 18.9 Å². The van der Waals surface area contributed by atoms with Crippen LogP contribution in [0, 0.1) is 0 Å². The minimum absolute atomic E-state index is 0.000324. The molecule has 20 heavy (non-hydrogen) atoms. The van der Waals surface area contributed by atoms with Crippen molar-refractivity contribution in [3.05, 3.63) is 23.8 Å². The first-order valence-electron chi connectivity index (χ1n) is 5.45. The molecule has 0 spiro atoms. The second-order valence-corrected chi connectivity index (χ2v) is 3.75. The predicted octanol–water partition coefficient (Wildman–Crippen LogP) is 2.19. The third kappa shape index (κ3) is 4.61. The van der Waals surface area contributed by atoms with Crippen LogP contribution in [0.5, 0.6) is 11.5 Å². The number of esters is 1. The number of halogens is 3. The molecule has 0 aromatic heterocycles. The number of rotatable bonds is 5. The van der Waals surface area contributed by atoms with Gasteiger partial charge in [0.15, 0.2) is 0 Å². The molecule has 0 fully saturated rings. The Morgan fingerprint density at radius 2 is 2.00 bits per heavy atom. The van der Waals surface area contributed by atoms with Crippen LogP contribution < -0.4 is 9.47 Å². The normalized spacial score (nSPS) is 12.7. The Bertz CT molecular complexity index is 473. The van der Waals surface area contributed by atoms with E-state index in [1.807, 2.05) is 0 Å². The second kappa shape index (κ2) is 6.47. The molecule has 5 nitrogen and oxygen atoms in total. The van der Waals surface area contributed by atoms with Crippen LogP contribution in [0.25, 0.3) is 0 Å². The van der Waals surface area contributed by atoms with Gasteiger partial charge in [0.05, 0.1) is 26.7 Å². The fraction of sp³-hybridized carbons (Fsp3) is 0.417. The molecule has 1 aromatic carbocycles. The number of alkyl halides is 3. The standard InChI is InChI=1S/C12H13F3O5/c1-18-10-4-3-7(20-12(13,14)15)5-8(10)9(16)6-11(17)19-2/h3-5,9,16H,6H2,1-2H3. The van der Waals surface area contributed by atoms with E-state index in [0.717, 1.165) is 19.2 Å². The lowest BCUT2D eigenvalue weighted by molar-refractivity contribution is -0.274. The van der Waals surface area contributed by atoms with Crippen LogP contribution in [0.15, 0.2) is 18.2 Å². The lowest BCUT2D eigenvalue weighted by Crippen LogP contribution is -2.17. The minimum atomic E-state index is -4.85. The van der Waals surface area contributed by atoms with Crippen molar-refractivity contribution in [1.29, 1.82) is 0 Å². The number of aliphatic hydroxyl groups excluding tert-OH is 1. The van der Waals surface area contributed by atoms with E-state index in [1.54, 1.807) is 0 Å². The molecule has 1 atom stereocenters. The molecular weight excluding hydrogens is 281 g/mol. The van der Waals surface area contributed by atoms with E-state index < -0.39 is 30.6 Å². The number of benzene rings is 1. The first kappa shape index (κ1) is 16.1. The summed E-state index contributed by atoms with van der Waals surface area (Å²) in [5.74, 6) is -1.09. The zero-order valence-corrected chi connectivity index (χ0v) is 10.7. The van der Waals surface area contributed by atoms with Gasteiger partial charge in [-0.15, -0.1) is 13.2 Å². The molecule has 1 aromatic rings. The van der Waals surface area contributed by atoms with Gasteiger partial charge in [-0.05, 0) is 18.2 Å². The number of aliphatic hydroxyl groups is 1. The highest BCUT2D eigenvalue weighted by atomic mass is 19.4. The number of ether oxygens (including phenoxy) is 3. The molecule has 0 saturated carbocycles. The summed E-state index contributed by atoms with van der Waals surface area (Å²) in [6, 6.07) is 3.21. The number of hydrogen-bond acceptors (Lipinski definition) is 5. The summed E-state index contributed by atoms with van der Waals surface area (Å²) in [7, 11) is 2.42. The molecule has 1 rings (SSSR count). The number of carbonyl (C=O) groups excluding carboxylic acids is 1. The molecule has 0 aliphatic rings. The van der Waals surface area contributed by atoms with Gasteiger partial charge < -0.3 is 19.3 Å². The maximum Gasteiger partial charge on any atom is 0.573 e. The van der Waals surface area contributed by atoms with Gasteiger partial charge in [0.2, 0.25) is 0 Å². The highest BCUT2D eigenvalue weighted by Gasteiger charge is 2.31. The van der Waals surface area contributed by atoms with E-state index in [2.05, 4.69) is 9.47 Å². The van der Waals surface area contributed by atoms with Gasteiger partial charge in [0.25, 0.3) is 0 Å². The van der Waals surface area contributed by atoms with Gasteiger partial charge in [-0.25, -0.2) is 0 Å². The lowest BCUT2D eigenvalue weighted by Gasteiger charge is -2.16. The van der Waals surface area contributed by atoms with Crippen LogP contribution in [0.3, 0.4) is 0 Å². The quantitative estimate of drug-likeness (QED) is 0.843. The Balaban J connectivity index is 3.02. The summed E-state index contributed by atoms with van der Waals surface area (Å²) < 4.78 is 49.4. The molecule has 0 bridgehead atoms. The SMILES string of the molecule is COC(=O)CC(O)c1cc(OC(F)(F)F)ccc1OC. The number of carbonyl (C=O) groups is 1. The van der Waals surface area contributed by atoms with E-state index in [-0.39, 0.29) is 11.3 Å². The Hall–Kier alpha value is -1.96. The van der Waals surface area contributed by atoms with Crippen molar-refractivity contribution < 1.29 is 37.3 Å². The topological polar surface area (TPSA) is 65.0 Å². The monoisotopic (exact) mass is 294 g/mol. The van der Waals surface area contributed by atoms with Crippen molar-refractivity contribution in [2.24, 2.45) is 0 Å². The molecule has 0 radical (unpaired) electrons. The van der Waals surface area contributed by atoms with Gasteiger partial charge in [0.1, 0.15) is 11.5 Å². The molecule has 0 heterocycles. The minimum Gasteiger partial charge on any atom is -0.496 e. The predicted molar refractivity (Wildman–Crippen MR) is 61.3 cm³/mol. The molecule has 0 aliphatic carbocycles. The van der Waals surface area contributed by atoms with Crippen LogP contribution in [-0.4, -0.2) is 31.7 Å². The first-order valence-corrected chi connectivity index (χ1v) is 5.45. The molecule has 0 aliphatic heterocycles. The molecule has 1 N–H and O–H groups in total. The van der Waals surface area contributed by atoms with Crippen LogP contribution in [0.2, 0.25) is 0 Å². The van der Waals surface area contributed by atoms with E-state index >= 15 is 0 Å². The summed E-state index contributed by atoms with van der Waals surface area (Å²) in [5, 5.41) is 9.84. The number of methoxy groups -OCH3 is 2. The highest BCUT2D eigenvalue weighted by molar-refractivity contribution is 5.70. The van der Waals surface area contributed by atoms with Crippen molar-refractivity contribution in [2.75, 3.05) is 14.2 Å². The van der Waals surface area contributed by atoms with E-state index in [1.165, 1.54) is 13.2 Å². The van der Waals surface area contributed by atoms with Crippen molar-refractivity contribution in [3.63, 3.8) is 0 Å². The van der Waals surface area contributed by atoms with Crippen LogP contribution in [0.4, 0.5) is 13.2 Å². The maximum absolute atomic E-state index is 12.1. The largest absolute Gasteiger partial charge is 0.573 e. The van der Waals surface area contributed by atoms with Gasteiger partial charge in [-0.3, -0.25) is 4.79 Å². The lowest BCUT2D eigenvalue weighted by atomic mass is 10.1. The van der Waals surface area contributed by atoms with Crippen molar-refractivity contribution in [3.8, 4) is 11.5 Å². The fourth-order valence-electron chi connectivity index (χ4n) is 1.52. The van der Waals surface area contributed by atoms with Gasteiger partial charge in [0, 0.05) is 5.56 Å². The molecule has 0 saturated heterocycles. The zero-order chi connectivity index (χ0) is 15.3. The van der Waals surface area contributed by atoms with Crippen LogP contribution in [0.1, 0.15) is 18.1 Å². The first-order chi connectivity index (χ1) is 9.26. The Morgan fingerprint density at radius 1 is 1.35 bits per heavy atom. The molecule has 0 amide bonds. The van der Waals surface area contributed by atoms with Gasteiger partial charge in [-0.1, -0.05) is 0 Å². The van der Waals surface area contributed by atoms with E-state index in [4.69, 9.17) is 4.74 Å². The van der Waals surface area contributed by atoms with Crippen LogP contribution in [-0.2, 0) is 9.53 Å². The smallest absolute Gasteiger partial charge is 0.496 e. The third-order valence-corrected chi connectivity index (χ3v) is 2.38. The Kier molecular flexibility index (Phi) is 5.20. The van der Waals surface area contributed by atoms with E-state index in [0.29, 0.717) is 0 Å². The maximum atomic E-state index is 12.1. The van der Waals surface area contributed by atoms with Crippen LogP contribution >= 0.6 is 0 Å².